The van der Waals surface area contributed by atoms with Gasteiger partial charge in [-0.2, -0.15) is 0 Å². The normalized spacial score (nSPS) is 19.0. The minimum Gasteiger partial charge on any atom is -0.497 e. The number of aromatic carboxylic acids is 1. The fourth-order valence-electron chi connectivity index (χ4n) is 4.46. The number of rotatable bonds is 10. The summed E-state index contributed by atoms with van der Waals surface area (Å²) in [5, 5.41) is 10.6. The summed E-state index contributed by atoms with van der Waals surface area (Å²) in [7, 11) is 3.33. The smallest absolute Gasteiger partial charge is 0.355 e. The van der Waals surface area contributed by atoms with Gasteiger partial charge in [0.2, 0.25) is 5.91 Å². The van der Waals surface area contributed by atoms with E-state index in [-0.39, 0.29) is 17.6 Å². The Hall–Kier alpha value is -2.50. The van der Waals surface area contributed by atoms with Gasteiger partial charge in [-0.25, -0.2) is 9.78 Å². The van der Waals surface area contributed by atoms with E-state index in [0.29, 0.717) is 18.7 Å². The Labute approximate surface area is 207 Å². The molecule has 0 radical (unpaired) electrons. The predicted molar refractivity (Wildman–Crippen MR) is 133 cm³/mol. The number of ether oxygens (including phenoxy) is 2. The molecule has 2 aliphatic heterocycles. The Morgan fingerprint density at radius 3 is 2.71 bits per heavy atom. The number of likely N-dealkylation sites (tertiary alicyclic amines) is 1. The average Bonchev–Trinajstić information content (AvgIpc) is 3.47. The number of carboxylic acid groups (broad SMARTS) is 1. The van der Waals surface area contributed by atoms with E-state index < -0.39 is 5.97 Å². The van der Waals surface area contributed by atoms with E-state index in [4.69, 9.17) is 14.6 Å². The van der Waals surface area contributed by atoms with E-state index in [9.17, 15) is 9.59 Å². The maximum atomic E-state index is 12.5. The number of benzene rings is 1. The van der Waals surface area contributed by atoms with Crippen LogP contribution in [-0.4, -0.2) is 97.0 Å². The zero-order chi connectivity index (χ0) is 24.1. The van der Waals surface area contributed by atoms with Crippen LogP contribution in [0, 0.1) is 0 Å². The third kappa shape index (κ3) is 5.76. The van der Waals surface area contributed by atoms with Crippen LogP contribution < -0.4 is 14.4 Å². The molecular formula is C23H30N4O5S2. The first-order chi connectivity index (χ1) is 16.5. The summed E-state index contributed by atoms with van der Waals surface area (Å²) < 4.78 is 11.6. The fourth-order valence-corrected chi connectivity index (χ4v) is 6.27. The minimum atomic E-state index is -1.01. The number of hydrogen-bond acceptors (Lipinski definition) is 9. The van der Waals surface area contributed by atoms with Crippen LogP contribution in [0.5, 0.6) is 11.5 Å². The van der Waals surface area contributed by atoms with Crippen molar-refractivity contribution in [1.82, 2.24) is 14.8 Å². The molecule has 0 spiro atoms. The molecule has 0 aliphatic carbocycles. The Kier molecular flexibility index (Phi) is 8.17. The van der Waals surface area contributed by atoms with Crippen molar-refractivity contribution in [2.45, 2.75) is 23.2 Å². The number of anilines is 1. The Balaban J connectivity index is 1.27. The van der Waals surface area contributed by atoms with Gasteiger partial charge in [0, 0.05) is 68.9 Å². The van der Waals surface area contributed by atoms with Crippen LogP contribution in [0.3, 0.4) is 0 Å². The van der Waals surface area contributed by atoms with Gasteiger partial charge in [-0.05, 0) is 18.6 Å². The number of aromatic nitrogens is 1. The highest BCUT2D eigenvalue weighted by molar-refractivity contribution is 8.01. The predicted octanol–water partition coefficient (Wildman–Crippen LogP) is 2.76. The molecule has 0 bridgehead atoms. The van der Waals surface area contributed by atoms with Gasteiger partial charge in [-0.3, -0.25) is 9.69 Å². The zero-order valence-corrected chi connectivity index (χ0v) is 21.1. The van der Waals surface area contributed by atoms with Crippen molar-refractivity contribution < 1.29 is 24.2 Å². The number of carbonyl (C=O) groups excluding carboxylic acids is 1. The molecule has 9 nitrogen and oxygen atoms in total. The number of hydrogen-bond donors (Lipinski definition) is 1. The summed E-state index contributed by atoms with van der Waals surface area (Å²) in [6.07, 6.45) is 1.48. The summed E-state index contributed by atoms with van der Waals surface area (Å²) in [6.45, 7) is 5.19. The van der Waals surface area contributed by atoms with Crippen molar-refractivity contribution in [1.29, 1.82) is 0 Å². The lowest BCUT2D eigenvalue weighted by Gasteiger charge is -2.38. The molecule has 2 aliphatic rings. The van der Waals surface area contributed by atoms with Crippen LogP contribution in [-0.2, 0) is 4.79 Å². The lowest BCUT2D eigenvalue weighted by Crippen LogP contribution is -2.51. The molecule has 2 aromatic rings. The quantitative estimate of drug-likeness (QED) is 0.488. The monoisotopic (exact) mass is 506 g/mol. The van der Waals surface area contributed by atoms with Crippen molar-refractivity contribution in [2.24, 2.45) is 0 Å². The van der Waals surface area contributed by atoms with Gasteiger partial charge in [0.05, 0.1) is 19.9 Å². The maximum absolute atomic E-state index is 12.5. The van der Waals surface area contributed by atoms with E-state index in [1.807, 2.05) is 23.1 Å². The lowest BCUT2D eigenvalue weighted by molar-refractivity contribution is -0.128. The number of carboxylic acids is 1. The third-order valence-electron chi connectivity index (χ3n) is 6.28. The van der Waals surface area contributed by atoms with Gasteiger partial charge in [0.1, 0.15) is 11.5 Å². The molecule has 2 saturated heterocycles. The van der Waals surface area contributed by atoms with Crippen molar-refractivity contribution in [3.63, 3.8) is 0 Å². The second kappa shape index (κ2) is 11.3. The SMILES string of the molecule is COc1ccc(N2CCN(C[C@H]3CCC(=O)N3CCSc3nc(C(=O)O)cs3)CC2)c(OC)c1. The highest BCUT2D eigenvalue weighted by Crippen LogP contribution is 2.33. The number of methoxy groups -OCH3 is 2. The maximum Gasteiger partial charge on any atom is 0.355 e. The Morgan fingerprint density at radius 2 is 2.03 bits per heavy atom. The van der Waals surface area contributed by atoms with E-state index in [0.717, 1.165) is 60.7 Å². The van der Waals surface area contributed by atoms with Crippen LogP contribution in [0.2, 0.25) is 0 Å². The Morgan fingerprint density at radius 1 is 1.24 bits per heavy atom. The van der Waals surface area contributed by atoms with Crippen molar-refractivity contribution in [2.75, 3.05) is 64.1 Å². The first-order valence-electron chi connectivity index (χ1n) is 11.3. The molecule has 2 fully saturated rings. The van der Waals surface area contributed by atoms with E-state index in [1.54, 1.807) is 19.6 Å². The van der Waals surface area contributed by atoms with Gasteiger partial charge < -0.3 is 24.4 Å². The molecular weight excluding hydrogens is 476 g/mol. The van der Waals surface area contributed by atoms with Crippen LogP contribution in [0.4, 0.5) is 5.69 Å². The summed E-state index contributed by atoms with van der Waals surface area (Å²) in [4.78, 5) is 34.4. The molecule has 184 valence electrons. The Bertz CT molecular complexity index is 1010. The highest BCUT2D eigenvalue weighted by Gasteiger charge is 2.33. The first-order valence-corrected chi connectivity index (χ1v) is 13.2. The van der Waals surface area contributed by atoms with Gasteiger partial charge in [0.15, 0.2) is 10.0 Å². The first kappa shape index (κ1) is 24.6. The number of carbonyl (C=O) groups is 2. The summed E-state index contributed by atoms with van der Waals surface area (Å²) in [5.74, 6) is 1.50. The summed E-state index contributed by atoms with van der Waals surface area (Å²) in [6, 6.07) is 6.14. The van der Waals surface area contributed by atoms with Crippen LogP contribution >= 0.6 is 23.1 Å². The molecule has 3 heterocycles. The summed E-state index contributed by atoms with van der Waals surface area (Å²) >= 11 is 2.84. The van der Waals surface area contributed by atoms with E-state index in [1.165, 1.54) is 23.1 Å². The largest absolute Gasteiger partial charge is 0.497 e. The van der Waals surface area contributed by atoms with Gasteiger partial charge in [0.25, 0.3) is 0 Å². The van der Waals surface area contributed by atoms with Crippen LogP contribution in [0.15, 0.2) is 27.9 Å². The molecule has 11 heteroatoms. The van der Waals surface area contributed by atoms with Crippen molar-refractivity contribution in [3.05, 3.63) is 29.3 Å². The van der Waals surface area contributed by atoms with Crippen LogP contribution in [0.25, 0.3) is 0 Å². The molecule has 1 atom stereocenters. The molecule has 0 unspecified atom stereocenters. The lowest BCUT2D eigenvalue weighted by atomic mass is 10.1. The van der Waals surface area contributed by atoms with Crippen LogP contribution in [0.1, 0.15) is 23.3 Å². The van der Waals surface area contributed by atoms with Crippen molar-refractivity contribution in [3.8, 4) is 11.5 Å². The second-order valence-electron chi connectivity index (χ2n) is 8.26. The van der Waals surface area contributed by atoms with E-state index >= 15 is 0 Å². The molecule has 1 aromatic heterocycles. The minimum absolute atomic E-state index is 0.0778. The average molecular weight is 507 g/mol. The summed E-state index contributed by atoms with van der Waals surface area (Å²) in [5.41, 5.74) is 1.15. The van der Waals surface area contributed by atoms with Gasteiger partial charge >= 0.3 is 5.97 Å². The topological polar surface area (TPSA) is 95.4 Å². The van der Waals surface area contributed by atoms with Gasteiger partial charge in [-0.1, -0.05) is 11.8 Å². The molecule has 1 aromatic carbocycles. The number of thioether (sulfide) groups is 1. The standard InChI is InChI=1S/C23H30N4O5S2/c1-31-17-4-5-19(20(13-17)32-2)26-9-7-25(8-10-26)14-16-3-6-21(28)27(16)11-12-33-23-24-18(15-34-23)22(29)30/h4-5,13,15-16H,3,6-12,14H2,1-2H3,(H,29,30)/t16-/m1/s1. The number of thiazole rings is 1. The second-order valence-corrected chi connectivity index (χ2v) is 10.5. The third-order valence-corrected chi connectivity index (χ3v) is 8.28. The van der Waals surface area contributed by atoms with Gasteiger partial charge in [-0.15, -0.1) is 11.3 Å². The molecule has 0 saturated carbocycles. The molecule has 1 N–H and O–H groups in total. The fraction of sp³-hybridized carbons (Fsp3) is 0.522. The molecule has 4 rings (SSSR count). The zero-order valence-electron chi connectivity index (χ0n) is 19.4. The van der Waals surface area contributed by atoms with Crippen molar-refractivity contribution >= 4 is 40.7 Å². The number of piperazine rings is 1. The highest BCUT2D eigenvalue weighted by atomic mass is 32.2. The number of amides is 1. The number of nitrogens with zero attached hydrogens (tertiary/aromatic N) is 4. The molecule has 34 heavy (non-hydrogen) atoms. The molecule has 1 amide bonds. The van der Waals surface area contributed by atoms with E-state index in [2.05, 4.69) is 14.8 Å².